The number of hydrogen-bond donors (Lipinski definition) is 2. The summed E-state index contributed by atoms with van der Waals surface area (Å²) in [7, 11) is 0. The van der Waals surface area contributed by atoms with E-state index in [9.17, 15) is 4.79 Å². The Balaban J connectivity index is 1.69. The maximum Gasteiger partial charge on any atom is 0.257 e. The molecule has 1 amide bonds. The van der Waals surface area contributed by atoms with Crippen molar-refractivity contribution in [2.45, 2.75) is 25.8 Å². The van der Waals surface area contributed by atoms with Crippen molar-refractivity contribution in [3.05, 3.63) is 70.3 Å². The van der Waals surface area contributed by atoms with Gasteiger partial charge in [-0.25, -0.2) is 0 Å². The van der Waals surface area contributed by atoms with Crippen LogP contribution in [0.2, 0.25) is 10.0 Å². The number of carbonyl (C=O) groups excluding carboxylic acids is 1. The maximum atomic E-state index is 12.6. The van der Waals surface area contributed by atoms with Gasteiger partial charge in [-0.15, -0.1) is 0 Å². The number of rotatable bonds is 5. The molecule has 0 bridgehead atoms. The number of amides is 1. The molecule has 2 N–H and O–H groups in total. The molecule has 3 rings (SSSR count). The topological polar surface area (TPSA) is 44.4 Å². The first-order chi connectivity index (χ1) is 12.9. The van der Waals surface area contributed by atoms with Gasteiger partial charge >= 0.3 is 0 Å². The number of likely N-dealkylation sites (tertiary alicyclic amines) is 1. The average Bonchev–Trinajstić information content (AvgIpc) is 2.63. The molecule has 1 saturated heterocycles. The number of hydrogen-bond acceptors (Lipinski definition) is 3. The zero-order valence-electron chi connectivity index (χ0n) is 15.3. The van der Waals surface area contributed by atoms with Crippen molar-refractivity contribution < 1.29 is 4.79 Å². The highest BCUT2D eigenvalue weighted by Gasteiger charge is 2.20. The van der Waals surface area contributed by atoms with Gasteiger partial charge in [0.15, 0.2) is 0 Å². The summed E-state index contributed by atoms with van der Waals surface area (Å²) in [4.78, 5) is 14.9. The molecule has 0 aromatic heterocycles. The van der Waals surface area contributed by atoms with E-state index < -0.39 is 0 Å². The molecule has 0 radical (unpaired) electrons. The van der Waals surface area contributed by atoms with E-state index in [1.807, 2.05) is 31.2 Å². The van der Waals surface area contributed by atoms with Gasteiger partial charge in [0, 0.05) is 29.9 Å². The van der Waals surface area contributed by atoms with E-state index in [2.05, 4.69) is 22.1 Å². The minimum atomic E-state index is -0.261. The predicted octanol–water partition coefficient (Wildman–Crippen LogP) is 5.66. The second-order valence-electron chi connectivity index (χ2n) is 6.76. The molecule has 6 heteroatoms. The summed E-state index contributed by atoms with van der Waals surface area (Å²) in [5.74, 6) is -0.261. The van der Waals surface area contributed by atoms with Crippen LogP contribution in [0.15, 0.2) is 54.7 Å². The van der Waals surface area contributed by atoms with Crippen LogP contribution in [-0.4, -0.2) is 29.9 Å². The number of nitrogens with one attached hydrogen (secondary N) is 2. The summed E-state index contributed by atoms with van der Waals surface area (Å²) < 4.78 is 0. The average molecular weight is 404 g/mol. The van der Waals surface area contributed by atoms with Crippen molar-refractivity contribution in [3.8, 4) is 0 Å². The first kappa shape index (κ1) is 19.6. The third-order valence-electron chi connectivity index (χ3n) is 4.75. The van der Waals surface area contributed by atoms with Gasteiger partial charge in [-0.3, -0.25) is 4.79 Å². The number of halogens is 2. The van der Waals surface area contributed by atoms with Gasteiger partial charge in [-0.05, 0) is 50.1 Å². The van der Waals surface area contributed by atoms with Gasteiger partial charge in [0.2, 0.25) is 0 Å². The fourth-order valence-electron chi connectivity index (χ4n) is 3.21. The van der Waals surface area contributed by atoms with E-state index in [0.717, 1.165) is 43.0 Å². The molecule has 1 aliphatic rings. The molecule has 4 nitrogen and oxygen atoms in total. The lowest BCUT2D eigenvalue weighted by Gasteiger charge is -2.34. The Kier molecular flexibility index (Phi) is 6.30. The molecule has 0 unspecified atom stereocenters. The second-order valence-corrected chi connectivity index (χ2v) is 7.61. The first-order valence-electron chi connectivity index (χ1n) is 8.96. The Hall–Kier alpha value is -2.17. The highest BCUT2D eigenvalue weighted by Crippen LogP contribution is 2.27. The van der Waals surface area contributed by atoms with Crippen molar-refractivity contribution in [2.24, 2.45) is 0 Å². The SMILES string of the molecule is C=C(C)N1CCC(Nc2ccccc2NC(=O)c2ccc(Cl)cc2Cl)CC1. The summed E-state index contributed by atoms with van der Waals surface area (Å²) in [6.45, 7) is 8.03. The van der Waals surface area contributed by atoms with Crippen LogP contribution in [0, 0.1) is 0 Å². The van der Waals surface area contributed by atoms with Crippen molar-refractivity contribution in [1.82, 2.24) is 4.90 Å². The lowest BCUT2D eigenvalue weighted by Crippen LogP contribution is -2.38. The van der Waals surface area contributed by atoms with E-state index in [0.29, 0.717) is 21.7 Å². The Morgan fingerprint density at radius 2 is 1.78 bits per heavy atom. The van der Waals surface area contributed by atoms with Gasteiger partial charge in [0.05, 0.1) is 22.0 Å². The third kappa shape index (κ3) is 4.96. The van der Waals surface area contributed by atoms with Gasteiger partial charge < -0.3 is 15.5 Å². The van der Waals surface area contributed by atoms with E-state index in [-0.39, 0.29) is 5.91 Å². The van der Waals surface area contributed by atoms with Crippen molar-refractivity contribution in [3.63, 3.8) is 0 Å². The molecule has 0 aliphatic carbocycles. The number of carbonyl (C=O) groups is 1. The Morgan fingerprint density at radius 1 is 1.11 bits per heavy atom. The molecule has 142 valence electrons. The second kappa shape index (κ2) is 8.68. The van der Waals surface area contributed by atoms with Crippen LogP contribution in [0.25, 0.3) is 0 Å². The lowest BCUT2D eigenvalue weighted by molar-refractivity contribution is 0.102. The van der Waals surface area contributed by atoms with Gasteiger partial charge in [0.1, 0.15) is 0 Å². The molecule has 1 fully saturated rings. The minimum absolute atomic E-state index is 0.261. The fraction of sp³-hybridized carbons (Fsp3) is 0.286. The van der Waals surface area contributed by atoms with E-state index >= 15 is 0 Å². The molecule has 2 aromatic rings. The third-order valence-corrected chi connectivity index (χ3v) is 5.29. The number of allylic oxidation sites excluding steroid dienone is 1. The van der Waals surface area contributed by atoms with Gasteiger partial charge in [0.25, 0.3) is 5.91 Å². The lowest BCUT2D eigenvalue weighted by atomic mass is 10.0. The van der Waals surface area contributed by atoms with Crippen molar-refractivity contribution in [2.75, 3.05) is 23.7 Å². The predicted molar refractivity (Wildman–Crippen MR) is 114 cm³/mol. The number of nitrogens with zero attached hydrogens (tertiary/aromatic N) is 1. The standard InChI is InChI=1S/C21H23Cl2N3O/c1-14(2)26-11-9-16(10-12-26)24-19-5-3-4-6-20(19)25-21(27)17-8-7-15(22)13-18(17)23/h3-8,13,16,24H,1,9-12H2,2H3,(H,25,27). The summed E-state index contributed by atoms with van der Waals surface area (Å²) in [6, 6.07) is 12.9. The van der Waals surface area contributed by atoms with Crippen LogP contribution < -0.4 is 10.6 Å². The fourth-order valence-corrected chi connectivity index (χ4v) is 3.70. The summed E-state index contributed by atoms with van der Waals surface area (Å²) in [6.07, 6.45) is 2.05. The quantitative estimate of drug-likeness (QED) is 0.676. The highest BCUT2D eigenvalue weighted by molar-refractivity contribution is 6.37. The van der Waals surface area contributed by atoms with Crippen molar-refractivity contribution in [1.29, 1.82) is 0 Å². The maximum absolute atomic E-state index is 12.6. The van der Waals surface area contributed by atoms with E-state index in [1.54, 1.807) is 18.2 Å². The monoisotopic (exact) mass is 403 g/mol. The number of benzene rings is 2. The Bertz CT molecular complexity index is 845. The van der Waals surface area contributed by atoms with Gasteiger partial charge in [-0.2, -0.15) is 0 Å². The molecule has 1 heterocycles. The van der Waals surface area contributed by atoms with Crippen LogP contribution in [0.3, 0.4) is 0 Å². The normalized spacial score (nSPS) is 14.7. The van der Waals surface area contributed by atoms with Crippen LogP contribution in [0.5, 0.6) is 0 Å². The summed E-state index contributed by atoms with van der Waals surface area (Å²) >= 11 is 12.1. The largest absolute Gasteiger partial charge is 0.380 e. The summed E-state index contributed by atoms with van der Waals surface area (Å²) in [5, 5.41) is 7.35. The van der Waals surface area contributed by atoms with Crippen LogP contribution >= 0.6 is 23.2 Å². The molecule has 1 aliphatic heterocycles. The minimum Gasteiger partial charge on any atom is -0.380 e. The molecular formula is C21H23Cl2N3O. The van der Waals surface area contributed by atoms with E-state index in [4.69, 9.17) is 23.2 Å². The first-order valence-corrected chi connectivity index (χ1v) is 9.72. The molecule has 0 atom stereocenters. The zero-order chi connectivity index (χ0) is 19.4. The Labute approximate surface area is 170 Å². The molecular weight excluding hydrogens is 381 g/mol. The van der Waals surface area contributed by atoms with Crippen molar-refractivity contribution >= 4 is 40.5 Å². The Morgan fingerprint density at radius 3 is 2.41 bits per heavy atom. The molecule has 27 heavy (non-hydrogen) atoms. The van der Waals surface area contributed by atoms with E-state index in [1.165, 1.54) is 0 Å². The molecule has 0 spiro atoms. The number of piperidine rings is 1. The van der Waals surface area contributed by atoms with Crippen LogP contribution in [0.1, 0.15) is 30.1 Å². The smallest absolute Gasteiger partial charge is 0.257 e. The number of para-hydroxylation sites is 2. The molecule has 0 saturated carbocycles. The summed E-state index contributed by atoms with van der Waals surface area (Å²) in [5.41, 5.74) is 3.15. The molecule has 2 aromatic carbocycles. The van der Waals surface area contributed by atoms with Crippen LogP contribution in [0.4, 0.5) is 11.4 Å². The van der Waals surface area contributed by atoms with Gasteiger partial charge in [-0.1, -0.05) is 41.9 Å². The zero-order valence-corrected chi connectivity index (χ0v) is 16.8. The number of anilines is 2. The highest BCUT2D eigenvalue weighted by atomic mass is 35.5. The van der Waals surface area contributed by atoms with Crippen LogP contribution in [-0.2, 0) is 0 Å².